The number of aromatic nitrogens is 2. The van der Waals surface area contributed by atoms with Crippen LogP contribution < -0.4 is 11.2 Å². The number of nitrogens with one attached hydrogen (secondary N) is 1. The predicted octanol–water partition coefficient (Wildman–Crippen LogP) is -0.818. The lowest BCUT2D eigenvalue weighted by Gasteiger charge is -1.97. The third kappa shape index (κ3) is 0.987. The van der Waals surface area contributed by atoms with E-state index in [4.69, 9.17) is 16.4 Å². The van der Waals surface area contributed by atoms with Crippen molar-refractivity contribution in [2.45, 2.75) is 0 Å². The molecule has 0 saturated heterocycles. The fraction of sp³-hybridized carbons (Fsp3) is 0. The maximum Gasteiger partial charge on any atom is 0.150 e. The fourth-order valence-corrected chi connectivity index (χ4v) is 0.427. The van der Waals surface area contributed by atoms with Gasteiger partial charge in [-0.3, -0.25) is 5.41 Å². The van der Waals surface area contributed by atoms with E-state index in [2.05, 4.69) is 4.98 Å². The van der Waals surface area contributed by atoms with Gasteiger partial charge in [0.15, 0.2) is 0 Å². The smallest absolute Gasteiger partial charge is 0.150 e. The SMILES string of the molecule is N=c1cc(N)n(O)cn1. The molecule has 1 aromatic rings. The summed E-state index contributed by atoms with van der Waals surface area (Å²) in [6, 6.07) is 1.25. The average Bonchev–Trinajstić information content (AvgIpc) is 1.80. The number of hydrogen-bond donors (Lipinski definition) is 3. The lowest BCUT2D eigenvalue weighted by molar-refractivity contribution is 0.186. The minimum Gasteiger partial charge on any atom is -0.426 e. The number of nitrogens with two attached hydrogens (primary N) is 1. The zero-order valence-corrected chi connectivity index (χ0v) is 4.57. The maximum atomic E-state index is 8.69. The van der Waals surface area contributed by atoms with Crippen molar-refractivity contribution in [1.29, 1.82) is 5.41 Å². The largest absolute Gasteiger partial charge is 0.426 e. The zero-order chi connectivity index (χ0) is 6.85. The lowest BCUT2D eigenvalue weighted by atomic mass is 10.6. The number of nitrogen functional groups attached to an aromatic ring is 1. The monoisotopic (exact) mass is 126 g/mol. The minimum absolute atomic E-state index is 0.0396. The predicted molar refractivity (Wildman–Crippen MR) is 29.7 cm³/mol. The molecule has 5 nitrogen and oxygen atoms in total. The molecule has 0 aromatic carbocycles. The Morgan fingerprint density at radius 2 is 2.44 bits per heavy atom. The van der Waals surface area contributed by atoms with Gasteiger partial charge < -0.3 is 10.9 Å². The van der Waals surface area contributed by atoms with E-state index >= 15 is 0 Å². The molecule has 0 aliphatic rings. The molecule has 1 rings (SSSR count). The number of rotatable bonds is 0. The number of hydrogen-bond acceptors (Lipinski definition) is 4. The van der Waals surface area contributed by atoms with Crippen molar-refractivity contribution < 1.29 is 5.21 Å². The van der Waals surface area contributed by atoms with Gasteiger partial charge in [-0.2, -0.15) is 4.73 Å². The molecule has 0 fully saturated rings. The first-order valence-electron chi connectivity index (χ1n) is 2.28. The van der Waals surface area contributed by atoms with E-state index in [-0.39, 0.29) is 11.3 Å². The molecule has 0 atom stereocenters. The highest BCUT2D eigenvalue weighted by molar-refractivity contribution is 5.23. The molecule has 5 heteroatoms. The van der Waals surface area contributed by atoms with Gasteiger partial charge in [-0.15, -0.1) is 0 Å². The molecular weight excluding hydrogens is 120 g/mol. The van der Waals surface area contributed by atoms with Crippen molar-refractivity contribution in [3.05, 3.63) is 17.9 Å². The second kappa shape index (κ2) is 1.77. The van der Waals surface area contributed by atoms with Crippen LogP contribution in [-0.2, 0) is 0 Å². The van der Waals surface area contributed by atoms with Gasteiger partial charge in [0.2, 0.25) is 0 Å². The standard InChI is InChI=1S/C4H6N4O/c5-3-1-4(6)8(9)2-7-3/h1-2,5,9H,6H2. The minimum atomic E-state index is 0.0396. The van der Waals surface area contributed by atoms with Crippen LogP contribution in [0.25, 0.3) is 0 Å². The van der Waals surface area contributed by atoms with Crippen molar-refractivity contribution in [3.63, 3.8) is 0 Å². The Morgan fingerprint density at radius 3 is 2.89 bits per heavy atom. The molecule has 9 heavy (non-hydrogen) atoms. The van der Waals surface area contributed by atoms with Gasteiger partial charge in [0.05, 0.1) is 0 Å². The second-order valence-electron chi connectivity index (χ2n) is 1.54. The van der Waals surface area contributed by atoms with Gasteiger partial charge >= 0.3 is 0 Å². The highest BCUT2D eigenvalue weighted by Crippen LogP contribution is 1.88. The third-order valence-electron chi connectivity index (χ3n) is 0.855. The zero-order valence-electron chi connectivity index (χ0n) is 4.57. The number of nitrogens with zero attached hydrogens (tertiary/aromatic N) is 2. The van der Waals surface area contributed by atoms with Crippen LogP contribution in [0.5, 0.6) is 0 Å². The Bertz CT molecular complexity index is 266. The first kappa shape index (κ1) is 5.61. The molecule has 0 spiro atoms. The van der Waals surface area contributed by atoms with Crippen LogP contribution in [0.15, 0.2) is 12.4 Å². The Hall–Kier alpha value is -1.52. The lowest BCUT2D eigenvalue weighted by Crippen LogP contribution is -2.12. The highest BCUT2D eigenvalue weighted by atomic mass is 16.5. The summed E-state index contributed by atoms with van der Waals surface area (Å²) in [4.78, 5) is 3.44. The van der Waals surface area contributed by atoms with Crippen molar-refractivity contribution in [3.8, 4) is 0 Å². The Labute approximate surface area is 50.9 Å². The molecule has 0 saturated carbocycles. The molecule has 48 valence electrons. The van der Waals surface area contributed by atoms with Gasteiger partial charge in [0, 0.05) is 6.07 Å². The summed E-state index contributed by atoms with van der Waals surface area (Å²) in [6.07, 6.45) is 1.07. The van der Waals surface area contributed by atoms with Gasteiger partial charge in [-0.1, -0.05) is 0 Å². The Kier molecular flexibility index (Phi) is 1.11. The summed E-state index contributed by atoms with van der Waals surface area (Å²) >= 11 is 0. The van der Waals surface area contributed by atoms with Gasteiger partial charge in [0.25, 0.3) is 0 Å². The summed E-state index contributed by atoms with van der Waals surface area (Å²) in [5.74, 6) is 0.106. The number of anilines is 1. The molecule has 1 aromatic heterocycles. The maximum absolute atomic E-state index is 8.69. The summed E-state index contributed by atoms with van der Waals surface area (Å²) < 4.78 is 0.651. The van der Waals surface area contributed by atoms with E-state index in [1.165, 1.54) is 6.07 Å². The molecule has 0 bridgehead atoms. The van der Waals surface area contributed by atoms with Crippen LogP contribution in [0, 0.1) is 5.41 Å². The average molecular weight is 126 g/mol. The molecule has 4 N–H and O–H groups in total. The third-order valence-corrected chi connectivity index (χ3v) is 0.855. The molecule has 0 amide bonds. The van der Waals surface area contributed by atoms with Crippen molar-refractivity contribution >= 4 is 5.82 Å². The second-order valence-corrected chi connectivity index (χ2v) is 1.54. The molecule has 0 aliphatic heterocycles. The highest BCUT2D eigenvalue weighted by Gasteiger charge is 1.88. The van der Waals surface area contributed by atoms with Crippen LogP contribution in [0.3, 0.4) is 0 Å². The van der Waals surface area contributed by atoms with Gasteiger partial charge in [-0.05, 0) is 0 Å². The normalized spacial score (nSPS) is 9.33. The van der Waals surface area contributed by atoms with Crippen molar-refractivity contribution in [2.24, 2.45) is 0 Å². The van der Waals surface area contributed by atoms with Crippen LogP contribution in [0.4, 0.5) is 5.82 Å². The van der Waals surface area contributed by atoms with Gasteiger partial charge in [0.1, 0.15) is 17.6 Å². The molecule has 0 aliphatic carbocycles. The van der Waals surface area contributed by atoms with Crippen LogP contribution >= 0.6 is 0 Å². The van der Waals surface area contributed by atoms with Crippen LogP contribution in [-0.4, -0.2) is 14.9 Å². The fourth-order valence-electron chi connectivity index (χ4n) is 0.427. The van der Waals surface area contributed by atoms with Crippen LogP contribution in [0.1, 0.15) is 0 Å². The Balaban J connectivity index is 3.34. The summed E-state index contributed by atoms with van der Waals surface area (Å²) in [5.41, 5.74) is 5.21. The molecular formula is C4H6N4O. The quantitative estimate of drug-likeness (QED) is 0.397. The summed E-state index contributed by atoms with van der Waals surface area (Å²) in [7, 11) is 0. The summed E-state index contributed by atoms with van der Waals surface area (Å²) in [5, 5.41) is 15.6. The van der Waals surface area contributed by atoms with Crippen molar-refractivity contribution in [2.75, 3.05) is 5.73 Å². The van der Waals surface area contributed by atoms with E-state index in [9.17, 15) is 0 Å². The van der Waals surface area contributed by atoms with Crippen molar-refractivity contribution in [1.82, 2.24) is 9.71 Å². The molecule has 0 unspecified atom stereocenters. The Morgan fingerprint density at radius 1 is 1.78 bits per heavy atom. The molecule has 0 radical (unpaired) electrons. The summed E-state index contributed by atoms with van der Waals surface area (Å²) in [6.45, 7) is 0. The van der Waals surface area contributed by atoms with Crippen LogP contribution in [0.2, 0.25) is 0 Å². The van der Waals surface area contributed by atoms with Gasteiger partial charge in [-0.25, -0.2) is 4.98 Å². The van der Waals surface area contributed by atoms with E-state index < -0.39 is 0 Å². The first-order chi connectivity index (χ1) is 4.20. The van der Waals surface area contributed by atoms with E-state index in [1.807, 2.05) is 0 Å². The van der Waals surface area contributed by atoms with E-state index in [0.29, 0.717) is 4.73 Å². The topological polar surface area (TPSA) is 87.9 Å². The van der Waals surface area contributed by atoms with E-state index in [0.717, 1.165) is 6.33 Å². The first-order valence-corrected chi connectivity index (χ1v) is 2.28. The van der Waals surface area contributed by atoms with E-state index in [1.54, 1.807) is 0 Å². The molecule has 1 heterocycles.